The van der Waals surface area contributed by atoms with Gasteiger partial charge in [-0.1, -0.05) is 24.3 Å². The van der Waals surface area contributed by atoms with Gasteiger partial charge in [0.1, 0.15) is 52.3 Å². The van der Waals surface area contributed by atoms with E-state index in [0.717, 1.165) is 0 Å². The molecule has 23 heteroatoms. The van der Waals surface area contributed by atoms with Crippen LogP contribution in [0.3, 0.4) is 0 Å². The molecule has 12 unspecified atom stereocenters. The highest BCUT2D eigenvalue weighted by atomic mass is 16.7. The number of rotatable bonds is 12. The van der Waals surface area contributed by atoms with E-state index < -0.39 is 191 Å². The molecule has 0 radical (unpaired) electrons. The van der Waals surface area contributed by atoms with Gasteiger partial charge in [-0.05, 0) is 26.0 Å². The molecular weight excluding hydrogens is 1010 g/mol. The van der Waals surface area contributed by atoms with Crippen molar-refractivity contribution in [3.63, 3.8) is 0 Å². The zero-order chi connectivity index (χ0) is 55.5. The van der Waals surface area contributed by atoms with Crippen molar-refractivity contribution in [1.82, 2.24) is 5.32 Å². The van der Waals surface area contributed by atoms with Crippen LogP contribution in [0.5, 0.6) is 34.5 Å². The molecule has 77 heavy (non-hydrogen) atoms. The van der Waals surface area contributed by atoms with Crippen molar-refractivity contribution in [3.8, 4) is 34.5 Å². The van der Waals surface area contributed by atoms with Crippen LogP contribution in [-0.2, 0) is 41.4 Å². The van der Waals surface area contributed by atoms with Crippen LogP contribution in [-0.4, -0.2) is 168 Å². The zero-order valence-corrected chi connectivity index (χ0v) is 41.9. The number of nitrogens with one attached hydrogen (secondary N) is 1. The second-order valence-electron chi connectivity index (χ2n) is 20.5. The maximum atomic E-state index is 14.6. The first-order valence-corrected chi connectivity index (χ1v) is 24.8. The van der Waals surface area contributed by atoms with E-state index in [1.807, 2.05) is 0 Å². The summed E-state index contributed by atoms with van der Waals surface area (Å²) in [5.41, 5.74) is -2.93. The van der Waals surface area contributed by atoms with E-state index in [1.165, 1.54) is 64.5 Å². The summed E-state index contributed by atoms with van der Waals surface area (Å²) in [5.74, 6) is -8.76. The number of ether oxygens (including phenoxy) is 6. The lowest BCUT2D eigenvalue weighted by Crippen LogP contribution is -2.57. The van der Waals surface area contributed by atoms with Crippen LogP contribution >= 0.6 is 0 Å². The number of ketones is 6. The SMILES string of the molecule is COc1cccc2c1C(=O)c1c(O)c3c(c(O)c1C2=O)CC(O)(C(=O)CNC1CC(OC2CC(O)(C(=O)CO)Cc4c(O)c5c(c(O)c42)C(=O)c2c(OC)cccc2C5=O)OC(C)C1O)CC3OC1CC(N)C(O)C(C)O1. The minimum absolute atomic E-state index is 0.00123. The molecule has 0 aromatic heterocycles. The van der Waals surface area contributed by atoms with Crippen LogP contribution in [0.15, 0.2) is 36.4 Å². The number of fused-ring (bicyclic) bond motifs is 6. The third kappa shape index (κ3) is 8.48. The molecule has 12 atom stereocenters. The number of methoxy groups -OCH3 is 2. The van der Waals surface area contributed by atoms with Gasteiger partial charge in [0, 0.05) is 84.0 Å². The van der Waals surface area contributed by atoms with Gasteiger partial charge in [0.05, 0.1) is 90.8 Å². The molecule has 4 aromatic carbocycles. The predicted octanol–water partition coefficient (Wildman–Crippen LogP) is 0.655. The van der Waals surface area contributed by atoms with Gasteiger partial charge in [-0.2, -0.15) is 0 Å². The van der Waals surface area contributed by atoms with E-state index >= 15 is 0 Å². The number of phenols is 4. The van der Waals surface area contributed by atoms with Gasteiger partial charge in [0.25, 0.3) is 0 Å². The summed E-state index contributed by atoms with van der Waals surface area (Å²) in [5, 5.41) is 107. The van der Waals surface area contributed by atoms with Crippen molar-refractivity contribution < 1.29 is 103 Å². The Morgan fingerprint density at radius 3 is 1.51 bits per heavy atom. The molecule has 0 saturated carbocycles. The van der Waals surface area contributed by atoms with Crippen LogP contribution in [0.25, 0.3) is 0 Å². The van der Waals surface area contributed by atoms with E-state index in [4.69, 9.17) is 34.2 Å². The van der Waals surface area contributed by atoms with Gasteiger partial charge in [-0.25, -0.2) is 0 Å². The predicted molar refractivity (Wildman–Crippen MR) is 260 cm³/mol. The van der Waals surface area contributed by atoms with Crippen molar-refractivity contribution in [2.75, 3.05) is 27.4 Å². The number of phenolic OH excluding ortho intramolecular Hbond substituents is 4. The second-order valence-corrected chi connectivity index (χ2v) is 20.5. The van der Waals surface area contributed by atoms with Crippen LogP contribution < -0.4 is 20.5 Å². The summed E-state index contributed by atoms with van der Waals surface area (Å²) >= 11 is 0. The van der Waals surface area contributed by atoms with Gasteiger partial charge in [0.2, 0.25) is 11.6 Å². The maximum absolute atomic E-state index is 14.6. The number of benzene rings is 4. The van der Waals surface area contributed by atoms with Gasteiger partial charge in [-0.15, -0.1) is 0 Å². The molecule has 10 rings (SSSR count). The minimum Gasteiger partial charge on any atom is -0.507 e. The van der Waals surface area contributed by atoms with E-state index in [-0.39, 0.29) is 68.8 Å². The third-order valence-electron chi connectivity index (χ3n) is 15.9. The molecule has 6 aliphatic rings. The molecule has 2 heterocycles. The smallest absolute Gasteiger partial charge is 0.202 e. The number of carbonyl (C=O) groups is 6. The number of aliphatic hydroxyl groups is 5. The Morgan fingerprint density at radius 2 is 1.06 bits per heavy atom. The summed E-state index contributed by atoms with van der Waals surface area (Å²) in [6, 6.07) is 6.45. The first-order valence-electron chi connectivity index (χ1n) is 24.8. The molecule has 0 bridgehead atoms. The van der Waals surface area contributed by atoms with E-state index in [9.17, 15) is 74.7 Å². The van der Waals surface area contributed by atoms with Gasteiger partial charge in [0.15, 0.2) is 35.7 Å². The average Bonchev–Trinajstić information content (AvgIpc) is 3.43. The highest BCUT2D eigenvalue weighted by Crippen LogP contribution is 2.55. The molecule has 4 aromatic rings. The zero-order valence-electron chi connectivity index (χ0n) is 41.9. The van der Waals surface area contributed by atoms with Crippen molar-refractivity contribution in [2.45, 2.75) is 125 Å². The molecule has 23 nitrogen and oxygen atoms in total. The molecule has 4 aliphatic carbocycles. The monoisotopic (exact) mass is 1070 g/mol. The van der Waals surface area contributed by atoms with Gasteiger partial charge < -0.3 is 85.4 Å². The number of aromatic hydroxyl groups is 4. The van der Waals surface area contributed by atoms with Crippen LogP contribution in [0.1, 0.15) is 138 Å². The fraction of sp³-hybridized carbons (Fsp3) is 0.444. The fourth-order valence-electron chi connectivity index (χ4n) is 11.9. The van der Waals surface area contributed by atoms with Crippen LogP contribution in [0.4, 0.5) is 0 Å². The Morgan fingerprint density at radius 1 is 0.636 bits per heavy atom. The van der Waals surface area contributed by atoms with Crippen LogP contribution in [0, 0.1) is 0 Å². The number of hydrogen-bond donors (Lipinski definition) is 11. The van der Waals surface area contributed by atoms with E-state index in [1.54, 1.807) is 0 Å². The summed E-state index contributed by atoms with van der Waals surface area (Å²) in [7, 11) is 2.56. The lowest BCUT2D eigenvalue weighted by Gasteiger charge is -2.43. The first-order chi connectivity index (χ1) is 36.5. The van der Waals surface area contributed by atoms with Crippen molar-refractivity contribution >= 4 is 34.7 Å². The van der Waals surface area contributed by atoms with E-state index in [0.29, 0.717) is 0 Å². The fourth-order valence-corrected chi connectivity index (χ4v) is 11.9. The highest BCUT2D eigenvalue weighted by molar-refractivity contribution is 6.32. The molecule has 2 aliphatic heterocycles. The average molecular weight is 1070 g/mol. The molecule has 2 saturated heterocycles. The van der Waals surface area contributed by atoms with Crippen LogP contribution in [0.2, 0.25) is 0 Å². The van der Waals surface area contributed by atoms with Gasteiger partial charge >= 0.3 is 0 Å². The Kier molecular flexibility index (Phi) is 13.7. The third-order valence-corrected chi connectivity index (χ3v) is 15.9. The quantitative estimate of drug-likeness (QED) is 0.0750. The molecule has 0 amide bonds. The van der Waals surface area contributed by atoms with Crippen molar-refractivity contribution in [2.24, 2.45) is 5.73 Å². The number of Topliss-reactive ketones (excluding diaryl/α,β-unsaturated/α-hetero) is 2. The van der Waals surface area contributed by atoms with Gasteiger partial charge in [-0.3, -0.25) is 28.8 Å². The van der Waals surface area contributed by atoms with E-state index in [2.05, 4.69) is 5.32 Å². The Bertz CT molecular complexity index is 3200. The normalized spacial score (nSPS) is 30.3. The summed E-state index contributed by atoms with van der Waals surface area (Å²) in [6.45, 7) is 1.11. The summed E-state index contributed by atoms with van der Waals surface area (Å²) < 4.78 is 35.3. The second kappa shape index (κ2) is 19.6. The molecular formula is C54H56N2O21. The number of nitrogens with two attached hydrogens (primary N) is 1. The highest BCUT2D eigenvalue weighted by Gasteiger charge is 2.53. The maximum Gasteiger partial charge on any atom is 0.202 e. The minimum atomic E-state index is -2.48. The van der Waals surface area contributed by atoms with Crippen molar-refractivity contribution in [3.05, 3.63) is 103 Å². The number of carbonyl (C=O) groups excluding carboxylic acids is 6. The lowest BCUT2D eigenvalue weighted by atomic mass is 9.71. The molecule has 408 valence electrons. The van der Waals surface area contributed by atoms with Crippen molar-refractivity contribution in [1.29, 1.82) is 0 Å². The standard InChI is InChI=1S/C54H56N2O21/c1-19-43(60)25(55)11-33(74-19)76-29-15-53(70,13-23-37(29)51(68)41-39(47(23)64)45(62)21-7-5-9-27(72-3)35(21)49(41)66)31(58)17-56-26-12-34(75-20(2)44(26)61)77-30-16-54(71,32(59)18-57)14-24-38(30)52(69)42-40(48(24)65)46(63)22-8-6-10-28(73-4)36(22)50(42)67/h5-10,19-20,25-26,29-30,33-34,43-44,56-57,60-61,64-65,68-71H,11-18,55H2,1-4H3. The largest absolute Gasteiger partial charge is 0.507 e. The topological polar surface area (TPSA) is 378 Å². The molecule has 2 fully saturated rings. The lowest BCUT2D eigenvalue weighted by molar-refractivity contribution is -0.250. The summed E-state index contributed by atoms with van der Waals surface area (Å²) in [6.07, 6.45) is -13.5. The Hall–Kier alpha value is -6.74. The first kappa shape index (κ1) is 53.6. The number of hydrogen-bond acceptors (Lipinski definition) is 23. The number of aliphatic hydroxyl groups excluding tert-OH is 3. The molecule has 12 N–H and O–H groups in total. The Balaban J connectivity index is 0.949. The Labute approximate surface area is 437 Å². The molecule has 0 spiro atoms. The summed E-state index contributed by atoms with van der Waals surface area (Å²) in [4.78, 5) is 84.2.